The van der Waals surface area contributed by atoms with E-state index in [1.54, 1.807) is 0 Å². The summed E-state index contributed by atoms with van der Waals surface area (Å²) in [6.45, 7) is 2.83. The van der Waals surface area contributed by atoms with Crippen LogP contribution in [0.5, 0.6) is 0 Å². The normalized spacial score (nSPS) is 28.3. The number of piperidine rings is 1. The second kappa shape index (κ2) is 7.10. The predicted octanol–water partition coefficient (Wildman–Crippen LogP) is 1.55. The third kappa shape index (κ3) is 4.25. The number of rotatable bonds is 5. The highest BCUT2D eigenvalue weighted by atomic mass is 16.5. The largest absolute Gasteiger partial charge is 0.378 e. The van der Waals surface area contributed by atoms with Gasteiger partial charge in [0.05, 0.1) is 6.10 Å². The Hall–Kier alpha value is -0.610. The van der Waals surface area contributed by atoms with Crippen LogP contribution in [0.4, 0.5) is 0 Å². The van der Waals surface area contributed by atoms with Gasteiger partial charge in [0.1, 0.15) is 0 Å². The van der Waals surface area contributed by atoms with Gasteiger partial charge in [0, 0.05) is 32.7 Å². The molecule has 2 rings (SSSR count). The SMILES string of the molecule is CN(CC1CCCCN1)C(=O)CCC1CCCO1. The zero-order valence-electron chi connectivity index (χ0n) is 11.5. The lowest BCUT2D eigenvalue weighted by atomic mass is 10.0. The highest BCUT2D eigenvalue weighted by molar-refractivity contribution is 5.75. The Morgan fingerprint density at radius 3 is 2.89 bits per heavy atom. The lowest BCUT2D eigenvalue weighted by molar-refractivity contribution is -0.130. The van der Waals surface area contributed by atoms with Gasteiger partial charge < -0.3 is 15.0 Å². The summed E-state index contributed by atoms with van der Waals surface area (Å²) < 4.78 is 5.55. The van der Waals surface area contributed by atoms with Gasteiger partial charge in [0.25, 0.3) is 0 Å². The summed E-state index contributed by atoms with van der Waals surface area (Å²) in [7, 11) is 1.92. The first-order valence-corrected chi connectivity index (χ1v) is 7.34. The fourth-order valence-electron chi connectivity index (χ4n) is 2.86. The number of ether oxygens (including phenoxy) is 1. The molecule has 104 valence electrons. The van der Waals surface area contributed by atoms with Crippen LogP contribution in [0, 0.1) is 0 Å². The van der Waals surface area contributed by atoms with Gasteiger partial charge in [-0.25, -0.2) is 0 Å². The van der Waals surface area contributed by atoms with Crippen molar-refractivity contribution in [2.24, 2.45) is 0 Å². The summed E-state index contributed by atoms with van der Waals surface area (Å²) in [5.41, 5.74) is 0. The van der Waals surface area contributed by atoms with E-state index in [1.807, 2.05) is 11.9 Å². The maximum atomic E-state index is 12.0. The maximum absolute atomic E-state index is 12.0. The van der Waals surface area contributed by atoms with Crippen LogP contribution in [-0.4, -0.2) is 49.7 Å². The van der Waals surface area contributed by atoms with Crippen molar-refractivity contribution >= 4 is 5.91 Å². The minimum atomic E-state index is 0.262. The van der Waals surface area contributed by atoms with Gasteiger partial charge in [-0.2, -0.15) is 0 Å². The maximum Gasteiger partial charge on any atom is 0.222 e. The van der Waals surface area contributed by atoms with Gasteiger partial charge in [0.2, 0.25) is 5.91 Å². The first-order chi connectivity index (χ1) is 8.75. The Morgan fingerprint density at radius 1 is 1.33 bits per heavy atom. The van der Waals surface area contributed by atoms with Gasteiger partial charge in [-0.3, -0.25) is 4.79 Å². The Balaban J connectivity index is 1.63. The first kappa shape index (κ1) is 13.8. The Bertz CT molecular complexity index is 259. The summed E-state index contributed by atoms with van der Waals surface area (Å²) in [5.74, 6) is 0.262. The van der Waals surface area contributed by atoms with Crippen LogP contribution in [-0.2, 0) is 9.53 Å². The van der Waals surface area contributed by atoms with E-state index in [0.717, 1.165) is 39.0 Å². The van der Waals surface area contributed by atoms with Crippen molar-refractivity contribution in [1.29, 1.82) is 0 Å². The Morgan fingerprint density at radius 2 is 2.22 bits per heavy atom. The zero-order chi connectivity index (χ0) is 12.8. The van der Waals surface area contributed by atoms with Crippen molar-refractivity contribution in [1.82, 2.24) is 10.2 Å². The van der Waals surface area contributed by atoms with Crippen LogP contribution in [0.3, 0.4) is 0 Å². The summed E-state index contributed by atoms with van der Waals surface area (Å²) in [4.78, 5) is 13.9. The zero-order valence-corrected chi connectivity index (χ0v) is 11.5. The quantitative estimate of drug-likeness (QED) is 0.809. The standard InChI is InChI=1S/C14H26N2O2/c1-16(11-12-5-2-3-9-15-12)14(17)8-7-13-6-4-10-18-13/h12-13,15H,2-11H2,1H3. The molecule has 0 aromatic carbocycles. The molecule has 1 N–H and O–H groups in total. The number of carbonyl (C=O) groups excluding carboxylic acids is 1. The van der Waals surface area contributed by atoms with E-state index in [2.05, 4.69) is 5.32 Å². The number of hydrogen-bond donors (Lipinski definition) is 1. The van der Waals surface area contributed by atoms with Crippen molar-refractivity contribution in [3.63, 3.8) is 0 Å². The molecule has 0 aromatic heterocycles. The smallest absolute Gasteiger partial charge is 0.222 e. The summed E-state index contributed by atoms with van der Waals surface area (Å²) in [6.07, 6.45) is 7.89. The van der Waals surface area contributed by atoms with Crippen LogP contribution in [0.15, 0.2) is 0 Å². The average molecular weight is 254 g/mol. The minimum Gasteiger partial charge on any atom is -0.378 e. The number of carbonyl (C=O) groups is 1. The molecule has 2 unspecified atom stereocenters. The molecule has 0 radical (unpaired) electrons. The highest BCUT2D eigenvalue weighted by Gasteiger charge is 2.20. The fraction of sp³-hybridized carbons (Fsp3) is 0.929. The van der Waals surface area contributed by atoms with Crippen LogP contribution in [0.25, 0.3) is 0 Å². The topological polar surface area (TPSA) is 41.6 Å². The average Bonchev–Trinajstić information content (AvgIpc) is 2.90. The van der Waals surface area contributed by atoms with Crippen molar-refractivity contribution in [3.05, 3.63) is 0 Å². The van der Waals surface area contributed by atoms with Crippen LogP contribution < -0.4 is 5.32 Å². The number of likely N-dealkylation sites (N-methyl/N-ethyl adjacent to an activating group) is 1. The molecule has 2 aliphatic heterocycles. The lowest BCUT2D eigenvalue weighted by Gasteiger charge is -2.28. The molecule has 2 heterocycles. The summed E-state index contributed by atoms with van der Waals surface area (Å²) >= 11 is 0. The first-order valence-electron chi connectivity index (χ1n) is 7.34. The third-order valence-corrected chi connectivity index (χ3v) is 4.04. The number of nitrogens with zero attached hydrogens (tertiary/aromatic N) is 1. The highest BCUT2D eigenvalue weighted by Crippen LogP contribution is 2.17. The molecule has 0 bridgehead atoms. The third-order valence-electron chi connectivity index (χ3n) is 4.04. The fourth-order valence-corrected chi connectivity index (χ4v) is 2.86. The molecule has 18 heavy (non-hydrogen) atoms. The summed E-state index contributed by atoms with van der Waals surface area (Å²) in [6, 6.07) is 0.496. The molecule has 0 aliphatic carbocycles. The number of amides is 1. The monoisotopic (exact) mass is 254 g/mol. The Kier molecular flexibility index (Phi) is 5.45. The van der Waals surface area contributed by atoms with E-state index in [1.165, 1.54) is 19.3 Å². The van der Waals surface area contributed by atoms with Crippen molar-refractivity contribution < 1.29 is 9.53 Å². The molecule has 4 heteroatoms. The van der Waals surface area contributed by atoms with Crippen molar-refractivity contribution in [2.75, 3.05) is 26.7 Å². The van der Waals surface area contributed by atoms with Gasteiger partial charge in [-0.15, -0.1) is 0 Å². The molecule has 2 fully saturated rings. The van der Waals surface area contributed by atoms with Gasteiger partial charge in [-0.05, 0) is 38.6 Å². The molecule has 4 nitrogen and oxygen atoms in total. The van der Waals surface area contributed by atoms with Crippen molar-refractivity contribution in [2.45, 2.75) is 57.1 Å². The molecule has 1 amide bonds. The van der Waals surface area contributed by atoms with Gasteiger partial charge >= 0.3 is 0 Å². The second-order valence-corrected chi connectivity index (χ2v) is 5.59. The van der Waals surface area contributed by atoms with E-state index in [-0.39, 0.29) is 5.91 Å². The van der Waals surface area contributed by atoms with E-state index in [4.69, 9.17) is 4.74 Å². The van der Waals surface area contributed by atoms with E-state index in [9.17, 15) is 4.79 Å². The van der Waals surface area contributed by atoms with Gasteiger partial charge in [0.15, 0.2) is 0 Å². The molecule has 2 saturated heterocycles. The van der Waals surface area contributed by atoms with Gasteiger partial charge in [-0.1, -0.05) is 6.42 Å². The Labute approximate surface area is 110 Å². The molecule has 0 spiro atoms. The molecule has 0 aromatic rings. The van der Waals surface area contributed by atoms with E-state index in [0.29, 0.717) is 18.6 Å². The molecular weight excluding hydrogens is 228 g/mol. The minimum absolute atomic E-state index is 0.262. The van der Waals surface area contributed by atoms with E-state index >= 15 is 0 Å². The lowest BCUT2D eigenvalue weighted by Crippen LogP contribution is -2.44. The predicted molar refractivity (Wildman–Crippen MR) is 71.5 cm³/mol. The second-order valence-electron chi connectivity index (χ2n) is 5.59. The van der Waals surface area contributed by atoms with Crippen LogP contribution in [0.2, 0.25) is 0 Å². The van der Waals surface area contributed by atoms with E-state index < -0.39 is 0 Å². The van der Waals surface area contributed by atoms with Crippen LogP contribution >= 0.6 is 0 Å². The molecule has 2 aliphatic rings. The molecule has 2 atom stereocenters. The number of hydrogen-bond acceptors (Lipinski definition) is 3. The van der Waals surface area contributed by atoms with Crippen molar-refractivity contribution in [3.8, 4) is 0 Å². The van der Waals surface area contributed by atoms with Crippen LogP contribution in [0.1, 0.15) is 44.9 Å². The summed E-state index contributed by atoms with van der Waals surface area (Å²) in [5, 5.41) is 3.48. The molecular formula is C14H26N2O2. The number of nitrogens with one attached hydrogen (secondary N) is 1. The molecule has 0 saturated carbocycles.